The number of ether oxygens (including phenoxy) is 1. The van der Waals surface area contributed by atoms with E-state index in [2.05, 4.69) is 0 Å². The van der Waals surface area contributed by atoms with Gasteiger partial charge in [-0.2, -0.15) is 0 Å². The van der Waals surface area contributed by atoms with Crippen molar-refractivity contribution >= 4 is 31.7 Å². The average Bonchev–Trinajstić information content (AvgIpc) is 2.75. The highest BCUT2D eigenvalue weighted by atomic mass is 35.7. The largest absolute Gasteiger partial charge is 0.444 e. The maximum absolute atomic E-state index is 12.2. The zero-order valence-electron chi connectivity index (χ0n) is 14.3. The minimum atomic E-state index is -3.62. The predicted molar refractivity (Wildman–Crippen MR) is 90.3 cm³/mol. The molecule has 9 heteroatoms. The molecule has 0 aromatic rings. The molecule has 0 saturated carbocycles. The van der Waals surface area contributed by atoms with Gasteiger partial charge in [0.2, 0.25) is 15.0 Å². The molecule has 2 amide bonds. The highest BCUT2D eigenvalue weighted by molar-refractivity contribution is 8.13. The molecule has 2 rings (SSSR count). The van der Waals surface area contributed by atoms with E-state index >= 15 is 0 Å². The summed E-state index contributed by atoms with van der Waals surface area (Å²) in [5, 5.41) is 0. The van der Waals surface area contributed by atoms with Crippen molar-refractivity contribution in [1.82, 2.24) is 9.80 Å². The molecule has 0 bridgehead atoms. The van der Waals surface area contributed by atoms with Gasteiger partial charge in [0.15, 0.2) is 0 Å². The van der Waals surface area contributed by atoms with Gasteiger partial charge in [0.1, 0.15) is 5.60 Å². The zero-order valence-corrected chi connectivity index (χ0v) is 15.9. The first-order valence-corrected chi connectivity index (χ1v) is 10.6. The van der Waals surface area contributed by atoms with Gasteiger partial charge in [-0.15, -0.1) is 0 Å². The lowest BCUT2D eigenvalue weighted by Gasteiger charge is -2.38. The number of amides is 2. The Morgan fingerprint density at radius 3 is 2.58 bits per heavy atom. The molecule has 0 radical (unpaired) electrons. The quantitative estimate of drug-likeness (QED) is 0.697. The summed E-state index contributed by atoms with van der Waals surface area (Å²) in [6, 6.07) is -0.0956. The van der Waals surface area contributed by atoms with E-state index in [0.29, 0.717) is 19.6 Å². The standard InChI is InChI=1S/C15H25ClN2O5S/c1-15(2,3)23-14(20)17-6-4-5-12(9-17)18-8-11(7-13(18)19)10-24(16,21)22/h11-12H,4-10H2,1-3H3/t11?,12-/m1/s1. The fraction of sp³-hybridized carbons (Fsp3) is 0.867. The van der Waals surface area contributed by atoms with Gasteiger partial charge < -0.3 is 14.5 Å². The smallest absolute Gasteiger partial charge is 0.410 e. The summed E-state index contributed by atoms with van der Waals surface area (Å²) in [6.07, 6.45) is 1.39. The van der Waals surface area contributed by atoms with E-state index in [9.17, 15) is 18.0 Å². The van der Waals surface area contributed by atoms with Crippen molar-refractivity contribution in [3.05, 3.63) is 0 Å². The Labute approximate surface area is 147 Å². The fourth-order valence-electron chi connectivity index (χ4n) is 3.26. The van der Waals surface area contributed by atoms with Crippen LogP contribution in [-0.2, 0) is 18.6 Å². The first kappa shape index (κ1) is 19.3. The molecule has 0 spiro atoms. The molecule has 0 aromatic heterocycles. The number of halogens is 1. The van der Waals surface area contributed by atoms with E-state index in [-0.39, 0.29) is 36.1 Å². The van der Waals surface area contributed by atoms with Crippen LogP contribution in [-0.4, -0.2) is 67.2 Å². The van der Waals surface area contributed by atoms with Crippen LogP contribution < -0.4 is 0 Å². The highest BCUT2D eigenvalue weighted by Crippen LogP contribution is 2.27. The summed E-state index contributed by atoms with van der Waals surface area (Å²) in [7, 11) is 1.67. The van der Waals surface area contributed by atoms with Crippen LogP contribution in [0.2, 0.25) is 0 Å². The van der Waals surface area contributed by atoms with E-state index in [1.807, 2.05) is 20.8 Å². The van der Waals surface area contributed by atoms with Crippen LogP contribution in [0.1, 0.15) is 40.0 Å². The van der Waals surface area contributed by atoms with Crippen LogP contribution in [0.25, 0.3) is 0 Å². The molecule has 0 N–H and O–H groups in total. The summed E-state index contributed by atoms with van der Waals surface area (Å²) >= 11 is 0. The second kappa shape index (κ2) is 7.07. The molecule has 2 aliphatic rings. The van der Waals surface area contributed by atoms with Crippen molar-refractivity contribution in [2.75, 3.05) is 25.4 Å². The van der Waals surface area contributed by atoms with Gasteiger partial charge in [-0.1, -0.05) is 0 Å². The maximum atomic E-state index is 12.2. The number of piperidine rings is 1. The number of likely N-dealkylation sites (tertiary alicyclic amines) is 2. The van der Waals surface area contributed by atoms with Gasteiger partial charge >= 0.3 is 6.09 Å². The van der Waals surface area contributed by atoms with Gasteiger partial charge in [0.25, 0.3) is 0 Å². The summed E-state index contributed by atoms with van der Waals surface area (Å²) in [5.74, 6) is -0.549. The van der Waals surface area contributed by atoms with Gasteiger partial charge in [0, 0.05) is 48.7 Å². The van der Waals surface area contributed by atoms with E-state index < -0.39 is 14.7 Å². The average molecular weight is 381 g/mol. The first-order chi connectivity index (χ1) is 10.9. The zero-order chi connectivity index (χ0) is 18.1. The number of carbonyl (C=O) groups is 2. The molecule has 7 nitrogen and oxygen atoms in total. The fourth-order valence-corrected chi connectivity index (χ4v) is 4.58. The first-order valence-electron chi connectivity index (χ1n) is 8.14. The van der Waals surface area contributed by atoms with E-state index in [4.69, 9.17) is 15.4 Å². The Hall–Kier alpha value is -1.02. The van der Waals surface area contributed by atoms with E-state index in [1.54, 1.807) is 9.80 Å². The molecular formula is C15H25ClN2O5S. The monoisotopic (exact) mass is 380 g/mol. The molecule has 2 atom stereocenters. The lowest BCUT2D eigenvalue weighted by atomic mass is 10.0. The molecular weight excluding hydrogens is 356 g/mol. The van der Waals surface area contributed by atoms with Gasteiger partial charge in [-0.3, -0.25) is 4.79 Å². The van der Waals surface area contributed by atoms with Crippen LogP contribution in [0.4, 0.5) is 4.79 Å². The highest BCUT2D eigenvalue weighted by Gasteiger charge is 2.39. The Morgan fingerprint density at radius 2 is 2.00 bits per heavy atom. The van der Waals surface area contributed by atoms with Crippen molar-refractivity contribution in [2.24, 2.45) is 5.92 Å². The number of nitrogens with zero attached hydrogens (tertiary/aromatic N) is 2. The van der Waals surface area contributed by atoms with E-state index in [1.165, 1.54) is 0 Å². The van der Waals surface area contributed by atoms with Crippen LogP contribution >= 0.6 is 10.7 Å². The van der Waals surface area contributed by atoms with Crippen LogP contribution in [0, 0.1) is 5.92 Å². The number of rotatable bonds is 3. The predicted octanol–water partition coefficient (Wildman–Crippen LogP) is 1.80. The van der Waals surface area contributed by atoms with Crippen LogP contribution in [0.5, 0.6) is 0 Å². The Kier molecular flexibility index (Phi) is 5.69. The lowest BCUT2D eigenvalue weighted by molar-refractivity contribution is -0.130. The molecule has 0 aliphatic carbocycles. The third-order valence-electron chi connectivity index (χ3n) is 4.16. The van der Waals surface area contributed by atoms with Crippen molar-refractivity contribution in [2.45, 2.75) is 51.7 Å². The Bertz CT molecular complexity index is 601. The number of hydrogen-bond acceptors (Lipinski definition) is 5. The summed E-state index contributed by atoms with van der Waals surface area (Å²) in [5.41, 5.74) is -0.562. The molecule has 2 heterocycles. The number of carbonyl (C=O) groups excluding carboxylic acids is 2. The summed E-state index contributed by atoms with van der Waals surface area (Å²) < 4.78 is 27.8. The van der Waals surface area contributed by atoms with Crippen LogP contribution in [0.15, 0.2) is 0 Å². The second-order valence-corrected chi connectivity index (χ2v) is 10.4. The molecule has 0 aromatic carbocycles. The van der Waals surface area contributed by atoms with Gasteiger partial charge in [-0.25, -0.2) is 13.2 Å². The van der Waals surface area contributed by atoms with Gasteiger partial charge in [0.05, 0.1) is 5.75 Å². The minimum Gasteiger partial charge on any atom is -0.444 e. The SMILES string of the molecule is CC(C)(C)OC(=O)N1CCC[C@@H](N2CC(CS(=O)(=O)Cl)CC2=O)C1. The summed E-state index contributed by atoms with van der Waals surface area (Å²) in [4.78, 5) is 27.8. The van der Waals surface area contributed by atoms with E-state index in [0.717, 1.165) is 12.8 Å². The van der Waals surface area contributed by atoms with Crippen molar-refractivity contribution in [3.8, 4) is 0 Å². The molecule has 1 unspecified atom stereocenters. The molecule has 138 valence electrons. The molecule has 24 heavy (non-hydrogen) atoms. The van der Waals surface area contributed by atoms with Crippen molar-refractivity contribution in [3.63, 3.8) is 0 Å². The second-order valence-electron chi connectivity index (χ2n) is 7.54. The molecule has 2 aliphatic heterocycles. The topological polar surface area (TPSA) is 84.0 Å². The normalized spacial score (nSPS) is 25.9. The third kappa shape index (κ3) is 5.51. The van der Waals surface area contributed by atoms with Crippen LogP contribution in [0.3, 0.4) is 0 Å². The van der Waals surface area contributed by atoms with Gasteiger partial charge in [-0.05, 0) is 33.6 Å². The van der Waals surface area contributed by atoms with Crippen molar-refractivity contribution in [1.29, 1.82) is 0 Å². The summed E-state index contributed by atoms with van der Waals surface area (Å²) in [6.45, 7) is 6.83. The van der Waals surface area contributed by atoms with Crippen molar-refractivity contribution < 1.29 is 22.7 Å². The Morgan fingerprint density at radius 1 is 1.33 bits per heavy atom. The number of hydrogen-bond donors (Lipinski definition) is 0. The molecule has 2 saturated heterocycles. The third-order valence-corrected chi connectivity index (χ3v) is 5.41. The lowest BCUT2D eigenvalue weighted by Crippen LogP contribution is -2.51. The minimum absolute atomic E-state index is 0.0728. The molecule has 2 fully saturated rings. The Balaban J connectivity index is 1.97. The maximum Gasteiger partial charge on any atom is 0.410 e.